The van der Waals surface area contributed by atoms with Gasteiger partial charge in [-0.1, -0.05) is 13.8 Å². The number of hydrogen-bond acceptors (Lipinski definition) is 4. The van der Waals surface area contributed by atoms with Crippen molar-refractivity contribution in [1.82, 2.24) is 15.2 Å². The fourth-order valence-electron chi connectivity index (χ4n) is 3.40. The molecule has 0 atom stereocenters. The van der Waals surface area contributed by atoms with E-state index in [-0.39, 0.29) is 31.1 Å². The van der Waals surface area contributed by atoms with E-state index in [0.717, 1.165) is 23.8 Å². The lowest BCUT2D eigenvalue weighted by molar-refractivity contribution is -0.172. The molecule has 1 saturated heterocycles. The number of aromatic nitrogens is 1. The molecule has 1 aromatic heterocycles. The van der Waals surface area contributed by atoms with Crippen LogP contribution in [0.5, 0.6) is 5.88 Å². The SMILES string of the molecule is CCC(CC)(NC(=O)c1ccc(C(F)(F)F)c(OCC2CC2)n1)C(=O)N1CC(F)(F)C1. The normalized spacial score (nSPS) is 18.4. The van der Waals surface area contributed by atoms with E-state index in [2.05, 4.69) is 10.3 Å². The van der Waals surface area contributed by atoms with Gasteiger partial charge in [0.15, 0.2) is 0 Å². The van der Waals surface area contributed by atoms with Crippen LogP contribution in [0.3, 0.4) is 0 Å². The maximum Gasteiger partial charge on any atom is 0.421 e. The van der Waals surface area contributed by atoms with Crippen LogP contribution in [0.1, 0.15) is 55.6 Å². The van der Waals surface area contributed by atoms with Gasteiger partial charge >= 0.3 is 6.18 Å². The first-order valence-electron chi connectivity index (χ1n) is 10.1. The largest absolute Gasteiger partial charge is 0.477 e. The molecule has 2 amide bonds. The first-order chi connectivity index (χ1) is 14.4. The fraction of sp³-hybridized carbons (Fsp3) is 0.650. The number of halogens is 5. The zero-order valence-corrected chi connectivity index (χ0v) is 17.2. The Kier molecular flexibility index (Phi) is 6.16. The van der Waals surface area contributed by atoms with Crippen molar-refractivity contribution in [2.45, 2.75) is 57.2 Å². The number of hydrogen-bond donors (Lipinski definition) is 1. The van der Waals surface area contributed by atoms with E-state index in [1.807, 2.05) is 0 Å². The number of carbonyl (C=O) groups excluding carboxylic acids is 2. The highest BCUT2D eigenvalue weighted by Crippen LogP contribution is 2.37. The number of nitrogens with one attached hydrogen (secondary N) is 1. The fourth-order valence-corrected chi connectivity index (χ4v) is 3.40. The molecule has 2 heterocycles. The number of rotatable bonds is 8. The van der Waals surface area contributed by atoms with Gasteiger partial charge in [0.05, 0.1) is 19.7 Å². The molecule has 0 unspecified atom stereocenters. The van der Waals surface area contributed by atoms with Crippen LogP contribution in [0, 0.1) is 5.92 Å². The van der Waals surface area contributed by atoms with Crippen molar-refractivity contribution in [2.75, 3.05) is 19.7 Å². The van der Waals surface area contributed by atoms with Crippen LogP contribution >= 0.6 is 0 Å². The summed E-state index contributed by atoms with van der Waals surface area (Å²) in [6, 6.07) is 1.61. The third-order valence-corrected chi connectivity index (χ3v) is 5.65. The Labute approximate surface area is 176 Å². The topological polar surface area (TPSA) is 71.5 Å². The van der Waals surface area contributed by atoms with Crippen LogP contribution in [0.4, 0.5) is 22.0 Å². The quantitative estimate of drug-likeness (QED) is 0.615. The molecule has 1 aromatic rings. The van der Waals surface area contributed by atoms with Gasteiger partial charge in [0, 0.05) is 0 Å². The van der Waals surface area contributed by atoms with Gasteiger partial charge in [0.2, 0.25) is 11.8 Å². The molecule has 2 fully saturated rings. The second kappa shape index (κ2) is 8.23. The first kappa shape index (κ1) is 23.2. The van der Waals surface area contributed by atoms with Gasteiger partial charge in [0.25, 0.3) is 11.8 Å². The molecule has 172 valence electrons. The van der Waals surface area contributed by atoms with Crippen LogP contribution in [0.2, 0.25) is 0 Å². The summed E-state index contributed by atoms with van der Waals surface area (Å²) in [7, 11) is 0. The second-order valence-electron chi connectivity index (χ2n) is 8.06. The van der Waals surface area contributed by atoms with Gasteiger partial charge < -0.3 is 15.0 Å². The van der Waals surface area contributed by atoms with E-state index in [9.17, 15) is 31.5 Å². The molecule has 0 bridgehead atoms. The summed E-state index contributed by atoms with van der Waals surface area (Å²) in [5.74, 6) is -5.03. The number of pyridine rings is 1. The van der Waals surface area contributed by atoms with E-state index in [0.29, 0.717) is 6.07 Å². The Morgan fingerprint density at radius 2 is 1.81 bits per heavy atom. The Bertz CT molecular complexity index is 843. The molecule has 0 aromatic carbocycles. The van der Waals surface area contributed by atoms with Gasteiger partial charge in [-0.05, 0) is 43.7 Å². The molecule has 1 N–H and O–H groups in total. The summed E-state index contributed by atoms with van der Waals surface area (Å²) in [4.78, 5) is 30.3. The second-order valence-corrected chi connectivity index (χ2v) is 8.06. The number of likely N-dealkylation sites (tertiary alicyclic amines) is 1. The average Bonchev–Trinajstić information content (AvgIpc) is 3.51. The standard InChI is InChI=1S/C20H24F5N3O3/c1-3-18(4-2,17(30)28-10-19(21,22)11-28)27-15(29)14-8-7-13(20(23,24)25)16(26-14)31-9-12-5-6-12/h7-8,12H,3-6,9-11H2,1-2H3,(H,27,29). The predicted molar refractivity (Wildman–Crippen MR) is 99.8 cm³/mol. The lowest BCUT2D eigenvalue weighted by Crippen LogP contribution is -2.67. The lowest BCUT2D eigenvalue weighted by Gasteiger charge is -2.44. The first-order valence-corrected chi connectivity index (χ1v) is 10.1. The highest BCUT2D eigenvalue weighted by Gasteiger charge is 2.51. The van der Waals surface area contributed by atoms with Gasteiger partial charge in [-0.15, -0.1) is 0 Å². The Balaban J connectivity index is 1.81. The Hall–Kier alpha value is -2.46. The number of amides is 2. The Morgan fingerprint density at radius 3 is 2.29 bits per heavy atom. The Morgan fingerprint density at radius 1 is 1.19 bits per heavy atom. The van der Waals surface area contributed by atoms with E-state index in [1.54, 1.807) is 13.8 Å². The van der Waals surface area contributed by atoms with E-state index in [4.69, 9.17) is 4.74 Å². The van der Waals surface area contributed by atoms with Crippen molar-refractivity contribution in [3.63, 3.8) is 0 Å². The molecule has 0 radical (unpaired) electrons. The highest BCUT2D eigenvalue weighted by molar-refractivity contribution is 5.98. The molecule has 6 nitrogen and oxygen atoms in total. The van der Waals surface area contributed by atoms with Crippen molar-refractivity contribution in [3.8, 4) is 5.88 Å². The minimum Gasteiger partial charge on any atom is -0.477 e. The van der Waals surface area contributed by atoms with Crippen molar-refractivity contribution in [1.29, 1.82) is 0 Å². The van der Waals surface area contributed by atoms with Gasteiger partial charge in [0.1, 0.15) is 16.8 Å². The van der Waals surface area contributed by atoms with E-state index < -0.39 is 54.0 Å². The summed E-state index contributed by atoms with van der Waals surface area (Å²) in [5.41, 5.74) is -2.92. The zero-order chi connectivity index (χ0) is 23.0. The summed E-state index contributed by atoms with van der Waals surface area (Å²) < 4.78 is 71.4. The van der Waals surface area contributed by atoms with Crippen molar-refractivity contribution >= 4 is 11.8 Å². The van der Waals surface area contributed by atoms with Crippen LogP contribution in [-0.2, 0) is 11.0 Å². The van der Waals surface area contributed by atoms with Crippen molar-refractivity contribution in [3.05, 3.63) is 23.4 Å². The molecule has 1 aliphatic heterocycles. The van der Waals surface area contributed by atoms with Gasteiger partial charge in [-0.2, -0.15) is 13.2 Å². The molecule has 0 spiro atoms. The summed E-state index contributed by atoms with van der Waals surface area (Å²) >= 11 is 0. The maximum absolute atomic E-state index is 13.3. The molecule has 2 aliphatic rings. The number of alkyl halides is 5. The van der Waals surface area contributed by atoms with Gasteiger partial charge in [-0.25, -0.2) is 13.8 Å². The smallest absolute Gasteiger partial charge is 0.421 e. The highest BCUT2D eigenvalue weighted by atomic mass is 19.4. The van der Waals surface area contributed by atoms with Crippen LogP contribution in [0.25, 0.3) is 0 Å². The van der Waals surface area contributed by atoms with Gasteiger partial charge in [-0.3, -0.25) is 9.59 Å². The third-order valence-electron chi connectivity index (χ3n) is 5.65. The van der Waals surface area contributed by atoms with Crippen molar-refractivity contribution < 1.29 is 36.3 Å². The molecule has 31 heavy (non-hydrogen) atoms. The molecule has 1 aliphatic carbocycles. The van der Waals surface area contributed by atoms with E-state index >= 15 is 0 Å². The number of carbonyl (C=O) groups is 2. The summed E-state index contributed by atoms with van der Waals surface area (Å²) in [6.45, 7) is 1.83. The minimum atomic E-state index is -4.71. The minimum absolute atomic E-state index is 0.0661. The monoisotopic (exact) mass is 449 g/mol. The van der Waals surface area contributed by atoms with Crippen molar-refractivity contribution in [2.24, 2.45) is 5.92 Å². The number of ether oxygens (including phenoxy) is 1. The zero-order valence-electron chi connectivity index (χ0n) is 17.2. The molecular weight excluding hydrogens is 425 g/mol. The summed E-state index contributed by atoms with van der Waals surface area (Å²) in [5, 5.41) is 2.51. The molecule has 3 rings (SSSR count). The third kappa shape index (κ3) is 5.07. The predicted octanol–water partition coefficient (Wildman–Crippen LogP) is 3.66. The van der Waals surface area contributed by atoms with Crippen LogP contribution in [0.15, 0.2) is 12.1 Å². The summed E-state index contributed by atoms with van der Waals surface area (Å²) in [6.07, 6.45) is -2.77. The van der Waals surface area contributed by atoms with E-state index in [1.165, 1.54) is 0 Å². The average molecular weight is 449 g/mol. The number of nitrogens with zero attached hydrogens (tertiary/aromatic N) is 2. The maximum atomic E-state index is 13.3. The van der Waals surface area contributed by atoms with Crippen LogP contribution in [-0.4, -0.2) is 52.9 Å². The lowest BCUT2D eigenvalue weighted by atomic mass is 9.89. The molecule has 1 saturated carbocycles. The molecule has 11 heteroatoms. The molecular formula is C20H24F5N3O3. The van der Waals surface area contributed by atoms with Crippen LogP contribution < -0.4 is 10.1 Å².